The highest BCUT2D eigenvalue weighted by Crippen LogP contribution is 2.25. The second-order valence-corrected chi connectivity index (χ2v) is 5.32. The normalized spacial score (nSPS) is 18.1. The Morgan fingerprint density at radius 1 is 1.33 bits per heavy atom. The lowest BCUT2D eigenvalue weighted by Crippen LogP contribution is -2.33. The van der Waals surface area contributed by atoms with Crippen molar-refractivity contribution in [1.29, 1.82) is 0 Å². The summed E-state index contributed by atoms with van der Waals surface area (Å²) < 4.78 is 13.7. The van der Waals surface area contributed by atoms with Gasteiger partial charge in [-0.25, -0.2) is 4.39 Å². The molecule has 2 rings (SSSR count). The van der Waals surface area contributed by atoms with Crippen molar-refractivity contribution in [3.63, 3.8) is 0 Å². The Morgan fingerprint density at radius 2 is 2.06 bits per heavy atom. The van der Waals surface area contributed by atoms with Gasteiger partial charge >= 0.3 is 0 Å². The third-order valence-electron chi connectivity index (χ3n) is 3.94. The molecule has 0 amide bonds. The van der Waals surface area contributed by atoms with Crippen LogP contribution in [0.5, 0.6) is 0 Å². The van der Waals surface area contributed by atoms with E-state index in [-0.39, 0.29) is 5.82 Å². The van der Waals surface area contributed by atoms with Crippen LogP contribution in [0.2, 0.25) is 0 Å². The molecule has 2 nitrogen and oxygen atoms in total. The van der Waals surface area contributed by atoms with Crippen LogP contribution in [0.25, 0.3) is 0 Å². The van der Waals surface area contributed by atoms with Crippen molar-refractivity contribution < 1.29 is 4.39 Å². The lowest BCUT2D eigenvalue weighted by molar-refractivity contribution is 0.170. The Morgan fingerprint density at radius 3 is 2.67 bits per heavy atom. The number of hydrogen-bond donors (Lipinski definition) is 1. The minimum absolute atomic E-state index is 0.175. The molecule has 1 fully saturated rings. The second-order valence-electron chi connectivity index (χ2n) is 5.32. The summed E-state index contributed by atoms with van der Waals surface area (Å²) in [6.07, 6.45) is 5.07. The van der Waals surface area contributed by atoms with E-state index in [9.17, 15) is 4.39 Å². The molecule has 0 bridgehead atoms. The Balaban J connectivity index is 1.92. The smallest absolute Gasteiger partial charge is 0.129 e. The zero-order valence-corrected chi connectivity index (χ0v) is 11.2. The number of piperidine rings is 1. The maximum Gasteiger partial charge on any atom is 0.129 e. The van der Waals surface area contributed by atoms with E-state index < -0.39 is 0 Å². The standard InChI is InChI=1S/C15H23FN2/c1-2-4-12-7-9-18(10-8-12)11-13-14(16)5-3-6-15(13)17/h3,5-6,12H,2,4,7-11,17H2,1H3. The summed E-state index contributed by atoms with van der Waals surface area (Å²) in [4.78, 5) is 2.32. The van der Waals surface area contributed by atoms with Gasteiger partial charge in [0, 0.05) is 17.8 Å². The number of nitrogens with zero attached hydrogens (tertiary/aromatic N) is 1. The number of benzene rings is 1. The topological polar surface area (TPSA) is 29.3 Å². The predicted molar refractivity (Wildman–Crippen MR) is 73.7 cm³/mol. The molecule has 1 aliphatic rings. The molecule has 2 N–H and O–H groups in total. The molecular weight excluding hydrogens is 227 g/mol. The van der Waals surface area contributed by atoms with Crippen molar-refractivity contribution in [2.24, 2.45) is 5.92 Å². The molecule has 0 saturated carbocycles. The molecule has 0 aliphatic carbocycles. The van der Waals surface area contributed by atoms with E-state index in [1.807, 2.05) is 0 Å². The molecule has 100 valence electrons. The van der Waals surface area contributed by atoms with Gasteiger partial charge < -0.3 is 5.73 Å². The van der Waals surface area contributed by atoms with Gasteiger partial charge in [0.2, 0.25) is 0 Å². The minimum Gasteiger partial charge on any atom is -0.398 e. The zero-order chi connectivity index (χ0) is 13.0. The van der Waals surface area contributed by atoms with Crippen molar-refractivity contribution in [2.45, 2.75) is 39.2 Å². The molecule has 1 heterocycles. The molecule has 18 heavy (non-hydrogen) atoms. The number of hydrogen-bond acceptors (Lipinski definition) is 2. The monoisotopic (exact) mass is 250 g/mol. The van der Waals surface area contributed by atoms with E-state index in [2.05, 4.69) is 11.8 Å². The molecule has 1 aromatic rings. The van der Waals surface area contributed by atoms with Gasteiger partial charge in [0.1, 0.15) is 5.82 Å². The third kappa shape index (κ3) is 3.22. The highest BCUT2D eigenvalue weighted by atomic mass is 19.1. The largest absolute Gasteiger partial charge is 0.398 e. The van der Waals surface area contributed by atoms with Crippen LogP contribution in [0, 0.1) is 11.7 Å². The molecule has 1 aromatic carbocycles. The van der Waals surface area contributed by atoms with Crippen LogP contribution in [0.3, 0.4) is 0 Å². The Kier molecular flexibility index (Phi) is 4.59. The molecule has 0 aromatic heterocycles. The average molecular weight is 250 g/mol. The summed E-state index contributed by atoms with van der Waals surface area (Å²) in [5.74, 6) is 0.690. The first-order valence-electron chi connectivity index (χ1n) is 6.96. The second kappa shape index (κ2) is 6.19. The Labute approximate surface area is 109 Å². The summed E-state index contributed by atoms with van der Waals surface area (Å²) in [6, 6.07) is 4.94. The number of nitrogens with two attached hydrogens (primary N) is 1. The van der Waals surface area contributed by atoms with E-state index in [1.54, 1.807) is 12.1 Å². The summed E-state index contributed by atoms with van der Waals surface area (Å²) in [7, 11) is 0. The van der Waals surface area contributed by atoms with Gasteiger partial charge in [-0.2, -0.15) is 0 Å². The first kappa shape index (κ1) is 13.3. The summed E-state index contributed by atoms with van der Waals surface area (Å²) in [6.45, 7) is 5.03. The Bertz CT molecular complexity index is 364. The van der Waals surface area contributed by atoms with Gasteiger partial charge in [0.05, 0.1) is 0 Å². The van der Waals surface area contributed by atoms with Crippen LogP contribution in [-0.2, 0) is 6.54 Å². The maximum absolute atomic E-state index is 13.7. The number of likely N-dealkylation sites (tertiary alicyclic amines) is 1. The van der Waals surface area contributed by atoms with Crippen LogP contribution in [0.1, 0.15) is 38.2 Å². The summed E-state index contributed by atoms with van der Waals surface area (Å²) >= 11 is 0. The molecule has 1 aliphatic heterocycles. The van der Waals surface area contributed by atoms with Gasteiger partial charge in [0.15, 0.2) is 0 Å². The van der Waals surface area contributed by atoms with Crippen LogP contribution >= 0.6 is 0 Å². The van der Waals surface area contributed by atoms with E-state index >= 15 is 0 Å². The molecule has 0 unspecified atom stereocenters. The first-order chi connectivity index (χ1) is 8.70. The Hall–Kier alpha value is -1.09. The van der Waals surface area contributed by atoms with Gasteiger partial charge in [-0.1, -0.05) is 25.8 Å². The minimum atomic E-state index is -0.175. The van der Waals surface area contributed by atoms with E-state index in [0.29, 0.717) is 17.8 Å². The van der Waals surface area contributed by atoms with Gasteiger partial charge in [-0.05, 0) is 44.0 Å². The molecule has 3 heteroatoms. The fourth-order valence-corrected chi connectivity index (χ4v) is 2.81. The van der Waals surface area contributed by atoms with Crippen molar-refractivity contribution in [2.75, 3.05) is 18.8 Å². The first-order valence-corrected chi connectivity index (χ1v) is 6.96. The fraction of sp³-hybridized carbons (Fsp3) is 0.600. The zero-order valence-electron chi connectivity index (χ0n) is 11.2. The summed E-state index contributed by atoms with van der Waals surface area (Å²) in [5, 5.41) is 0. The van der Waals surface area contributed by atoms with E-state index in [1.165, 1.54) is 31.7 Å². The molecule has 0 spiro atoms. The van der Waals surface area contributed by atoms with Crippen molar-refractivity contribution >= 4 is 5.69 Å². The highest BCUT2D eigenvalue weighted by molar-refractivity contribution is 5.47. The van der Waals surface area contributed by atoms with Crippen LogP contribution in [-0.4, -0.2) is 18.0 Å². The van der Waals surface area contributed by atoms with Crippen LogP contribution in [0.4, 0.5) is 10.1 Å². The van der Waals surface area contributed by atoms with E-state index in [4.69, 9.17) is 5.73 Å². The van der Waals surface area contributed by atoms with Gasteiger partial charge in [-0.3, -0.25) is 4.90 Å². The fourth-order valence-electron chi connectivity index (χ4n) is 2.81. The quantitative estimate of drug-likeness (QED) is 0.830. The number of anilines is 1. The molecule has 0 radical (unpaired) electrons. The predicted octanol–water partition coefficient (Wildman–Crippen LogP) is 3.42. The van der Waals surface area contributed by atoms with Crippen molar-refractivity contribution in [1.82, 2.24) is 4.90 Å². The van der Waals surface area contributed by atoms with Gasteiger partial charge in [0.25, 0.3) is 0 Å². The summed E-state index contributed by atoms with van der Waals surface area (Å²) in [5.41, 5.74) is 7.08. The number of nitrogen functional groups attached to an aromatic ring is 1. The van der Waals surface area contributed by atoms with Crippen LogP contribution < -0.4 is 5.73 Å². The lowest BCUT2D eigenvalue weighted by Gasteiger charge is -2.32. The highest BCUT2D eigenvalue weighted by Gasteiger charge is 2.20. The van der Waals surface area contributed by atoms with E-state index in [0.717, 1.165) is 19.0 Å². The van der Waals surface area contributed by atoms with Crippen molar-refractivity contribution in [3.8, 4) is 0 Å². The maximum atomic E-state index is 13.7. The van der Waals surface area contributed by atoms with Crippen molar-refractivity contribution in [3.05, 3.63) is 29.6 Å². The molecule has 0 atom stereocenters. The average Bonchev–Trinajstić information content (AvgIpc) is 2.36. The van der Waals surface area contributed by atoms with Crippen LogP contribution in [0.15, 0.2) is 18.2 Å². The molecule has 1 saturated heterocycles. The van der Waals surface area contributed by atoms with Gasteiger partial charge in [-0.15, -0.1) is 0 Å². The third-order valence-corrected chi connectivity index (χ3v) is 3.94. The SMILES string of the molecule is CCCC1CCN(Cc2c(N)cccc2F)CC1. The number of rotatable bonds is 4. The molecular formula is C15H23FN2. The lowest BCUT2D eigenvalue weighted by atomic mass is 9.92. The number of halogens is 1.